The molecule has 0 bridgehead atoms. The summed E-state index contributed by atoms with van der Waals surface area (Å²) in [5, 5.41) is 3.98. The van der Waals surface area contributed by atoms with Crippen molar-refractivity contribution in [3.8, 4) is 5.75 Å². The lowest BCUT2D eigenvalue weighted by Crippen LogP contribution is -2.52. The maximum absolute atomic E-state index is 12.7. The van der Waals surface area contributed by atoms with Gasteiger partial charge in [-0.2, -0.15) is 0 Å². The third-order valence-corrected chi connectivity index (χ3v) is 4.37. The first-order chi connectivity index (χ1) is 11.6. The third kappa shape index (κ3) is 5.11. The molecule has 1 heterocycles. The molecule has 1 unspecified atom stereocenters. The van der Waals surface area contributed by atoms with Crippen molar-refractivity contribution in [2.24, 2.45) is 0 Å². The molecule has 0 spiro atoms. The summed E-state index contributed by atoms with van der Waals surface area (Å²) in [5.41, 5.74) is 1.65. The molecule has 1 aliphatic heterocycles. The Bertz CT molecular complexity index is 724. The fraction of sp³-hybridized carbons (Fsp3) is 0.316. The fourth-order valence-electron chi connectivity index (χ4n) is 2.82. The van der Waals surface area contributed by atoms with E-state index in [0.717, 1.165) is 25.2 Å². The van der Waals surface area contributed by atoms with E-state index in [-0.39, 0.29) is 24.4 Å². The molecule has 1 N–H and O–H groups in total. The van der Waals surface area contributed by atoms with Crippen molar-refractivity contribution >= 4 is 29.9 Å². The number of benzene rings is 2. The lowest BCUT2D eigenvalue weighted by Gasteiger charge is -2.34. The van der Waals surface area contributed by atoms with Gasteiger partial charge in [-0.1, -0.05) is 29.8 Å². The van der Waals surface area contributed by atoms with E-state index in [1.54, 1.807) is 0 Å². The van der Waals surface area contributed by atoms with Gasteiger partial charge in [0.1, 0.15) is 12.4 Å². The molecule has 1 aliphatic rings. The minimum atomic E-state index is 0. The largest absolute Gasteiger partial charge is 0.489 e. The molecule has 1 amide bonds. The molecule has 4 nitrogen and oxygen atoms in total. The van der Waals surface area contributed by atoms with Crippen LogP contribution in [0.25, 0.3) is 0 Å². The normalized spacial score (nSPS) is 16.9. The number of carbonyl (C=O) groups is 1. The van der Waals surface area contributed by atoms with E-state index in [0.29, 0.717) is 22.9 Å². The highest BCUT2D eigenvalue weighted by Crippen LogP contribution is 2.19. The first-order valence-electron chi connectivity index (χ1n) is 8.12. The second-order valence-corrected chi connectivity index (χ2v) is 6.43. The van der Waals surface area contributed by atoms with Crippen LogP contribution in [-0.4, -0.2) is 36.5 Å². The molecule has 25 heavy (non-hydrogen) atoms. The van der Waals surface area contributed by atoms with Crippen molar-refractivity contribution < 1.29 is 9.53 Å². The predicted octanol–water partition coefficient (Wildman–Crippen LogP) is 3.77. The topological polar surface area (TPSA) is 41.6 Å². The van der Waals surface area contributed by atoms with Crippen LogP contribution in [0, 0.1) is 0 Å². The third-order valence-electron chi connectivity index (χ3n) is 4.14. The standard InChI is InChI=1S/C19H21ClN2O2.ClH/c1-14-12-21-8-9-22(14)19(23)16-5-3-7-18(11-16)24-13-15-4-2-6-17(20)10-15;/h2-7,10-11,14,21H,8-9,12-13H2,1H3;1H. The smallest absolute Gasteiger partial charge is 0.254 e. The first kappa shape index (κ1) is 19.6. The van der Waals surface area contributed by atoms with Crippen molar-refractivity contribution in [3.63, 3.8) is 0 Å². The van der Waals surface area contributed by atoms with E-state index in [1.807, 2.05) is 53.4 Å². The molecule has 0 saturated carbocycles. The van der Waals surface area contributed by atoms with Crippen LogP contribution in [0.1, 0.15) is 22.8 Å². The van der Waals surface area contributed by atoms with Crippen molar-refractivity contribution in [2.75, 3.05) is 19.6 Å². The molecule has 6 heteroatoms. The second kappa shape index (κ2) is 9.09. The summed E-state index contributed by atoms with van der Waals surface area (Å²) in [6, 6.07) is 15.1. The highest BCUT2D eigenvalue weighted by Gasteiger charge is 2.24. The molecule has 1 saturated heterocycles. The maximum Gasteiger partial charge on any atom is 0.254 e. The Morgan fingerprint density at radius 2 is 2.08 bits per heavy atom. The number of hydrogen-bond acceptors (Lipinski definition) is 3. The molecule has 0 aromatic heterocycles. The van der Waals surface area contributed by atoms with Crippen molar-refractivity contribution in [1.82, 2.24) is 10.2 Å². The number of amides is 1. The predicted molar refractivity (Wildman–Crippen MR) is 103 cm³/mol. The zero-order valence-corrected chi connectivity index (χ0v) is 15.6. The van der Waals surface area contributed by atoms with Crippen LogP contribution in [0.15, 0.2) is 48.5 Å². The van der Waals surface area contributed by atoms with Gasteiger partial charge in [-0.25, -0.2) is 0 Å². The van der Waals surface area contributed by atoms with E-state index in [1.165, 1.54) is 0 Å². The summed E-state index contributed by atoms with van der Waals surface area (Å²) in [6.07, 6.45) is 0. The van der Waals surface area contributed by atoms with Gasteiger partial charge in [-0.3, -0.25) is 4.79 Å². The lowest BCUT2D eigenvalue weighted by molar-refractivity contribution is 0.0655. The molecule has 1 fully saturated rings. The van der Waals surface area contributed by atoms with Gasteiger partial charge < -0.3 is 15.0 Å². The molecule has 1 atom stereocenters. The number of carbonyl (C=O) groups excluding carboxylic acids is 1. The molecular weight excluding hydrogens is 359 g/mol. The van der Waals surface area contributed by atoms with E-state index in [2.05, 4.69) is 12.2 Å². The van der Waals surface area contributed by atoms with Gasteiger partial charge in [-0.05, 0) is 42.8 Å². The Morgan fingerprint density at radius 1 is 1.28 bits per heavy atom. The average Bonchev–Trinajstić information content (AvgIpc) is 2.60. The zero-order chi connectivity index (χ0) is 16.9. The highest BCUT2D eigenvalue weighted by atomic mass is 35.5. The lowest BCUT2D eigenvalue weighted by atomic mass is 10.1. The van der Waals surface area contributed by atoms with E-state index < -0.39 is 0 Å². The van der Waals surface area contributed by atoms with Crippen LogP contribution in [0.5, 0.6) is 5.75 Å². The quantitative estimate of drug-likeness (QED) is 0.877. The van der Waals surface area contributed by atoms with Gasteiger partial charge in [0.15, 0.2) is 0 Å². The summed E-state index contributed by atoms with van der Waals surface area (Å²) in [7, 11) is 0. The zero-order valence-electron chi connectivity index (χ0n) is 14.1. The molecule has 2 aromatic rings. The van der Waals surface area contributed by atoms with E-state index in [9.17, 15) is 4.79 Å². The maximum atomic E-state index is 12.7. The van der Waals surface area contributed by atoms with Gasteiger partial charge in [0.25, 0.3) is 5.91 Å². The number of nitrogens with one attached hydrogen (secondary N) is 1. The van der Waals surface area contributed by atoms with Gasteiger partial charge in [-0.15, -0.1) is 12.4 Å². The number of halogens is 2. The Morgan fingerprint density at radius 3 is 2.84 bits per heavy atom. The molecule has 3 rings (SSSR count). The summed E-state index contributed by atoms with van der Waals surface area (Å²) in [6.45, 7) is 4.87. The van der Waals surface area contributed by atoms with E-state index >= 15 is 0 Å². The number of hydrogen-bond donors (Lipinski definition) is 1. The fourth-order valence-corrected chi connectivity index (χ4v) is 3.03. The number of rotatable bonds is 4. The highest BCUT2D eigenvalue weighted by molar-refractivity contribution is 6.30. The minimum absolute atomic E-state index is 0. The van der Waals surface area contributed by atoms with Crippen molar-refractivity contribution in [2.45, 2.75) is 19.6 Å². The van der Waals surface area contributed by atoms with Crippen molar-refractivity contribution in [3.05, 3.63) is 64.7 Å². The average molecular weight is 381 g/mol. The monoisotopic (exact) mass is 380 g/mol. The number of nitrogens with zero attached hydrogens (tertiary/aromatic N) is 1. The van der Waals surface area contributed by atoms with Crippen LogP contribution in [0.2, 0.25) is 5.02 Å². The first-order valence-corrected chi connectivity index (χ1v) is 8.50. The molecule has 134 valence electrons. The minimum Gasteiger partial charge on any atom is -0.489 e. The summed E-state index contributed by atoms with van der Waals surface area (Å²) in [5.74, 6) is 0.737. The Labute approximate surface area is 159 Å². The van der Waals surface area contributed by atoms with Crippen LogP contribution >= 0.6 is 24.0 Å². The van der Waals surface area contributed by atoms with Gasteiger partial charge in [0, 0.05) is 36.3 Å². The molecular formula is C19H22Cl2N2O2. The Balaban J connectivity index is 0.00000225. The van der Waals surface area contributed by atoms with Gasteiger partial charge in [0.2, 0.25) is 0 Å². The summed E-state index contributed by atoms with van der Waals surface area (Å²) < 4.78 is 5.81. The SMILES string of the molecule is CC1CNCCN1C(=O)c1cccc(OCc2cccc(Cl)c2)c1.Cl. The molecule has 2 aromatic carbocycles. The summed E-state index contributed by atoms with van der Waals surface area (Å²) in [4.78, 5) is 14.6. The Hall–Kier alpha value is -1.75. The van der Waals surface area contributed by atoms with Crippen LogP contribution in [-0.2, 0) is 6.61 Å². The van der Waals surface area contributed by atoms with Crippen LogP contribution in [0.4, 0.5) is 0 Å². The summed E-state index contributed by atoms with van der Waals surface area (Å²) >= 11 is 5.98. The second-order valence-electron chi connectivity index (χ2n) is 6.00. The Kier molecular flexibility index (Phi) is 7.12. The number of piperazine rings is 1. The van der Waals surface area contributed by atoms with Gasteiger partial charge >= 0.3 is 0 Å². The molecule has 0 radical (unpaired) electrons. The van der Waals surface area contributed by atoms with Gasteiger partial charge in [0.05, 0.1) is 0 Å². The van der Waals surface area contributed by atoms with Crippen LogP contribution in [0.3, 0.4) is 0 Å². The molecule has 0 aliphatic carbocycles. The van der Waals surface area contributed by atoms with Crippen molar-refractivity contribution in [1.29, 1.82) is 0 Å². The van der Waals surface area contributed by atoms with Crippen LogP contribution < -0.4 is 10.1 Å². The number of ether oxygens (including phenoxy) is 1. The van der Waals surface area contributed by atoms with E-state index in [4.69, 9.17) is 16.3 Å².